The molecule has 3 rings (SSSR count). The summed E-state index contributed by atoms with van der Waals surface area (Å²) in [7, 11) is -1.46. The van der Waals surface area contributed by atoms with Crippen LogP contribution >= 0.6 is 11.6 Å². The molecule has 0 atom stereocenters. The number of hydrogen-bond donors (Lipinski definition) is 1. The van der Waals surface area contributed by atoms with Gasteiger partial charge in [-0.3, -0.25) is 4.79 Å². The molecule has 0 radical (unpaired) electrons. The molecule has 31 heavy (non-hydrogen) atoms. The number of likely N-dealkylation sites (N-methyl/N-ethyl adjacent to an activating group) is 1. The van der Waals surface area contributed by atoms with Crippen LogP contribution in [0.15, 0.2) is 71.1 Å². The predicted octanol–water partition coefficient (Wildman–Crippen LogP) is 3.91. The van der Waals surface area contributed by atoms with Crippen molar-refractivity contribution in [2.45, 2.75) is 18.1 Å². The van der Waals surface area contributed by atoms with Crippen molar-refractivity contribution in [2.24, 2.45) is 0 Å². The van der Waals surface area contributed by atoms with E-state index in [1.807, 2.05) is 25.2 Å². The number of nitrogens with zero attached hydrogens (tertiary/aromatic N) is 1. The van der Waals surface area contributed by atoms with Crippen LogP contribution in [0.2, 0.25) is 5.02 Å². The topological polar surface area (TPSA) is 79.6 Å². The summed E-state index contributed by atoms with van der Waals surface area (Å²) in [6, 6.07) is 19.8. The first-order valence-electron chi connectivity index (χ1n) is 9.85. The van der Waals surface area contributed by atoms with E-state index in [1.165, 1.54) is 17.7 Å². The van der Waals surface area contributed by atoms with Gasteiger partial charge in [-0.05, 0) is 42.4 Å². The van der Waals surface area contributed by atoms with Gasteiger partial charge in [0.2, 0.25) is 0 Å². The molecule has 0 saturated carbocycles. The average Bonchev–Trinajstić information content (AvgIpc) is 3.18. The molecule has 0 unspecified atom stereocenters. The van der Waals surface area contributed by atoms with Gasteiger partial charge in [0.1, 0.15) is 11.5 Å². The zero-order valence-electron chi connectivity index (χ0n) is 17.3. The highest BCUT2D eigenvalue weighted by atomic mass is 35.5. The molecule has 1 amide bonds. The van der Waals surface area contributed by atoms with Crippen molar-refractivity contribution in [1.29, 1.82) is 0 Å². The van der Waals surface area contributed by atoms with Crippen LogP contribution in [-0.4, -0.2) is 39.4 Å². The van der Waals surface area contributed by atoms with Crippen LogP contribution in [0.1, 0.15) is 27.4 Å². The van der Waals surface area contributed by atoms with Gasteiger partial charge >= 0.3 is 0 Å². The van der Waals surface area contributed by atoms with Gasteiger partial charge in [-0.25, -0.2) is 8.42 Å². The number of amides is 1. The zero-order chi connectivity index (χ0) is 22.3. The molecule has 1 heterocycles. The Bertz CT molecular complexity index is 1100. The Morgan fingerprint density at radius 1 is 0.968 bits per heavy atom. The van der Waals surface area contributed by atoms with Crippen LogP contribution in [0.25, 0.3) is 0 Å². The second kappa shape index (κ2) is 10.6. The van der Waals surface area contributed by atoms with Gasteiger partial charge in [0.05, 0.1) is 5.75 Å². The van der Waals surface area contributed by atoms with E-state index in [0.29, 0.717) is 23.7 Å². The fourth-order valence-electron chi connectivity index (χ4n) is 3.10. The van der Waals surface area contributed by atoms with E-state index in [-0.39, 0.29) is 28.9 Å². The van der Waals surface area contributed by atoms with E-state index in [0.717, 1.165) is 6.54 Å². The van der Waals surface area contributed by atoms with E-state index >= 15 is 0 Å². The summed E-state index contributed by atoms with van der Waals surface area (Å²) in [5.74, 6) is -0.430. The Morgan fingerprint density at radius 2 is 1.68 bits per heavy atom. The fourth-order valence-corrected chi connectivity index (χ4v) is 4.62. The van der Waals surface area contributed by atoms with Gasteiger partial charge in [-0.15, -0.1) is 0 Å². The van der Waals surface area contributed by atoms with E-state index in [2.05, 4.69) is 22.3 Å². The lowest BCUT2D eigenvalue weighted by Crippen LogP contribution is -2.32. The number of furan rings is 1. The Hall–Kier alpha value is -2.61. The normalized spacial score (nSPS) is 11.6. The highest BCUT2D eigenvalue weighted by Gasteiger charge is 2.18. The van der Waals surface area contributed by atoms with Crippen LogP contribution in [-0.2, 0) is 27.9 Å². The molecule has 164 valence electrons. The zero-order valence-corrected chi connectivity index (χ0v) is 18.8. The molecule has 6 nitrogen and oxygen atoms in total. The van der Waals surface area contributed by atoms with Crippen LogP contribution in [0.3, 0.4) is 0 Å². The molecule has 0 aliphatic rings. The molecule has 1 N–H and O–H groups in total. The third kappa shape index (κ3) is 7.54. The Balaban J connectivity index is 1.47. The van der Waals surface area contributed by atoms with Gasteiger partial charge in [-0.1, -0.05) is 54.1 Å². The maximum Gasteiger partial charge on any atom is 0.287 e. The summed E-state index contributed by atoms with van der Waals surface area (Å²) in [4.78, 5) is 14.4. The number of halogens is 1. The SMILES string of the molecule is CN(CCNC(=O)c1ccc(CS(=O)(=O)Cc2ccc(Cl)cc2)o1)Cc1ccccc1. The van der Waals surface area contributed by atoms with Crippen molar-refractivity contribution in [3.05, 3.63) is 94.4 Å². The van der Waals surface area contributed by atoms with Crippen LogP contribution < -0.4 is 5.32 Å². The second-order valence-corrected chi connectivity index (χ2v) is 9.90. The second-order valence-electron chi connectivity index (χ2n) is 7.40. The van der Waals surface area contributed by atoms with Crippen LogP contribution in [0, 0.1) is 0 Å². The minimum absolute atomic E-state index is 0.0994. The standard InChI is InChI=1S/C23H25ClN2O4S/c1-26(15-18-5-3-2-4-6-18)14-13-25-23(27)22-12-11-21(30-22)17-31(28,29)16-19-7-9-20(24)10-8-19/h2-12H,13-17H2,1H3,(H,25,27). The van der Waals surface area contributed by atoms with Crippen LogP contribution in [0.5, 0.6) is 0 Å². The minimum Gasteiger partial charge on any atom is -0.455 e. The summed E-state index contributed by atoms with van der Waals surface area (Å²) in [5.41, 5.74) is 1.85. The first kappa shape index (κ1) is 23.1. The Morgan fingerprint density at radius 3 is 2.39 bits per heavy atom. The molecule has 8 heteroatoms. The summed E-state index contributed by atoms with van der Waals surface area (Å²) < 4.78 is 30.3. The minimum atomic E-state index is -3.45. The number of carbonyl (C=O) groups excluding carboxylic acids is 1. The molecule has 1 aromatic heterocycles. The molecule has 0 bridgehead atoms. The first-order chi connectivity index (χ1) is 14.8. The van der Waals surface area contributed by atoms with E-state index < -0.39 is 9.84 Å². The quantitative estimate of drug-likeness (QED) is 0.496. The van der Waals surface area contributed by atoms with Gasteiger partial charge in [0.25, 0.3) is 5.91 Å². The summed E-state index contributed by atoms with van der Waals surface area (Å²) in [6.07, 6.45) is 0. The lowest BCUT2D eigenvalue weighted by atomic mass is 10.2. The van der Waals surface area contributed by atoms with E-state index in [9.17, 15) is 13.2 Å². The van der Waals surface area contributed by atoms with Crippen LogP contribution in [0.4, 0.5) is 0 Å². The van der Waals surface area contributed by atoms with Gasteiger partial charge in [0, 0.05) is 24.7 Å². The number of sulfone groups is 1. The third-order valence-corrected chi connectivity index (χ3v) is 6.37. The molecule has 0 aliphatic heterocycles. The van der Waals surface area contributed by atoms with Crippen molar-refractivity contribution >= 4 is 27.3 Å². The number of benzene rings is 2. The van der Waals surface area contributed by atoms with Gasteiger partial charge in [-0.2, -0.15) is 0 Å². The molecule has 0 fully saturated rings. The summed E-state index contributed by atoms with van der Waals surface area (Å²) in [5, 5.41) is 3.35. The smallest absolute Gasteiger partial charge is 0.287 e. The van der Waals surface area contributed by atoms with Gasteiger partial charge in [0.15, 0.2) is 15.6 Å². The van der Waals surface area contributed by atoms with Gasteiger partial charge < -0.3 is 14.6 Å². The molecule has 2 aromatic carbocycles. The molecule has 3 aromatic rings. The van der Waals surface area contributed by atoms with E-state index in [4.69, 9.17) is 16.0 Å². The maximum absolute atomic E-state index is 12.4. The van der Waals surface area contributed by atoms with Crippen molar-refractivity contribution < 1.29 is 17.6 Å². The molecular formula is C23H25ClN2O4S. The van der Waals surface area contributed by atoms with Crippen molar-refractivity contribution in [2.75, 3.05) is 20.1 Å². The maximum atomic E-state index is 12.4. The number of hydrogen-bond acceptors (Lipinski definition) is 5. The Kier molecular flexibility index (Phi) is 7.90. The van der Waals surface area contributed by atoms with Crippen molar-refractivity contribution in [3.63, 3.8) is 0 Å². The predicted molar refractivity (Wildman–Crippen MR) is 122 cm³/mol. The number of rotatable bonds is 10. The molecule has 0 saturated heterocycles. The fraction of sp³-hybridized carbons (Fsp3) is 0.261. The largest absolute Gasteiger partial charge is 0.455 e. The Labute approximate surface area is 187 Å². The third-order valence-electron chi connectivity index (χ3n) is 4.62. The van der Waals surface area contributed by atoms with E-state index in [1.54, 1.807) is 24.3 Å². The monoisotopic (exact) mass is 460 g/mol. The number of nitrogens with one attached hydrogen (secondary N) is 1. The highest BCUT2D eigenvalue weighted by molar-refractivity contribution is 7.89. The molecule has 0 aliphatic carbocycles. The van der Waals surface area contributed by atoms with Crippen molar-refractivity contribution in [3.8, 4) is 0 Å². The summed E-state index contributed by atoms with van der Waals surface area (Å²) >= 11 is 5.83. The number of carbonyl (C=O) groups is 1. The molecule has 0 spiro atoms. The molecular weight excluding hydrogens is 436 g/mol. The first-order valence-corrected chi connectivity index (χ1v) is 12.0. The van der Waals surface area contributed by atoms with Crippen molar-refractivity contribution in [1.82, 2.24) is 10.2 Å². The lowest BCUT2D eigenvalue weighted by molar-refractivity contribution is 0.0920. The average molecular weight is 461 g/mol. The highest BCUT2D eigenvalue weighted by Crippen LogP contribution is 2.17. The summed E-state index contributed by atoms with van der Waals surface area (Å²) in [6.45, 7) is 1.91. The lowest BCUT2D eigenvalue weighted by Gasteiger charge is -2.16.